The second-order valence-corrected chi connectivity index (χ2v) is 6.49. The number of thiophene rings is 1. The third-order valence-corrected chi connectivity index (χ3v) is 5.22. The topological polar surface area (TPSA) is 15.3 Å². The van der Waals surface area contributed by atoms with Crippen LogP contribution in [0.15, 0.2) is 10.5 Å². The zero-order valence-corrected chi connectivity index (χ0v) is 11.8. The molecule has 0 radical (unpaired) electrons. The van der Waals surface area contributed by atoms with E-state index in [1.807, 2.05) is 0 Å². The fraction of sp³-hybridized carbons (Fsp3) is 0.600. The smallest absolute Gasteiger partial charge is 0.107 e. The molecule has 1 unspecified atom stereocenters. The predicted octanol–water partition coefficient (Wildman–Crippen LogP) is 2.96. The summed E-state index contributed by atoms with van der Waals surface area (Å²) in [7, 11) is 2.18. The Labute approximate surface area is 108 Å². The van der Waals surface area contributed by atoms with Crippen molar-refractivity contribution in [2.24, 2.45) is 0 Å². The lowest BCUT2D eigenvalue weighted by atomic mass is 10.2. The number of rotatable bonds is 3. The van der Waals surface area contributed by atoms with E-state index < -0.39 is 0 Å². The van der Waals surface area contributed by atoms with Crippen LogP contribution in [0, 0.1) is 0 Å². The van der Waals surface area contributed by atoms with E-state index in [2.05, 4.69) is 39.3 Å². The van der Waals surface area contributed by atoms with Crippen LogP contribution in [0.4, 0.5) is 0 Å². The maximum Gasteiger partial charge on any atom is 0.107 e. The summed E-state index contributed by atoms with van der Waals surface area (Å²) in [4.78, 5) is 3.72. The van der Waals surface area contributed by atoms with Crippen molar-refractivity contribution in [2.45, 2.75) is 19.0 Å². The molecular formula is C10H14BrClN2S. The molecule has 0 aromatic carbocycles. The Hall–Kier alpha value is 0.390. The fourth-order valence-electron chi connectivity index (χ4n) is 1.86. The zero-order valence-electron chi connectivity index (χ0n) is 8.59. The highest BCUT2D eigenvalue weighted by Gasteiger charge is 2.19. The van der Waals surface area contributed by atoms with Crippen LogP contribution < -0.4 is 5.32 Å². The van der Waals surface area contributed by atoms with E-state index in [9.17, 15) is 0 Å². The zero-order chi connectivity index (χ0) is 10.8. The van der Waals surface area contributed by atoms with Crippen molar-refractivity contribution in [2.75, 3.05) is 20.1 Å². The van der Waals surface area contributed by atoms with Crippen LogP contribution in [-0.4, -0.2) is 31.1 Å². The summed E-state index contributed by atoms with van der Waals surface area (Å²) in [5.74, 6) is 0. The molecule has 1 atom stereocenters. The summed E-state index contributed by atoms with van der Waals surface area (Å²) in [6, 6.07) is 2.79. The molecular weight excluding hydrogens is 296 g/mol. The maximum atomic E-state index is 6.01. The minimum Gasteiger partial charge on any atom is -0.315 e. The lowest BCUT2D eigenvalue weighted by Gasteiger charge is -2.22. The van der Waals surface area contributed by atoms with Crippen molar-refractivity contribution >= 4 is 38.9 Å². The van der Waals surface area contributed by atoms with Gasteiger partial charge in [0.15, 0.2) is 0 Å². The Morgan fingerprint density at radius 2 is 2.53 bits per heavy atom. The van der Waals surface area contributed by atoms with Gasteiger partial charge in [-0.1, -0.05) is 11.6 Å². The molecule has 1 N–H and O–H groups in total. The van der Waals surface area contributed by atoms with Gasteiger partial charge in [-0.2, -0.15) is 0 Å². The Morgan fingerprint density at radius 1 is 1.73 bits per heavy atom. The number of nitrogens with zero attached hydrogens (tertiary/aromatic N) is 1. The van der Waals surface area contributed by atoms with E-state index in [0.29, 0.717) is 6.04 Å². The largest absolute Gasteiger partial charge is 0.315 e. The molecule has 0 aliphatic carbocycles. The molecule has 5 heteroatoms. The van der Waals surface area contributed by atoms with Gasteiger partial charge in [-0.25, -0.2) is 0 Å². The third-order valence-electron chi connectivity index (χ3n) is 2.76. The molecule has 2 rings (SSSR count). The molecule has 0 amide bonds. The van der Waals surface area contributed by atoms with E-state index in [0.717, 1.165) is 28.4 Å². The van der Waals surface area contributed by atoms with E-state index in [-0.39, 0.29) is 0 Å². The first-order chi connectivity index (χ1) is 7.16. The normalized spacial score (nSPS) is 21.5. The van der Waals surface area contributed by atoms with Crippen LogP contribution in [0.1, 0.15) is 11.3 Å². The van der Waals surface area contributed by atoms with Crippen LogP contribution in [0.5, 0.6) is 0 Å². The average Bonchev–Trinajstić information content (AvgIpc) is 2.77. The summed E-state index contributed by atoms with van der Waals surface area (Å²) in [6.07, 6.45) is 1.25. The highest BCUT2D eigenvalue weighted by molar-refractivity contribution is 9.10. The van der Waals surface area contributed by atoms with Crippen molar-refractivity contribution in [1.82, 2.24) is 10.2 Å². The summed E-state index contributed by atoms with van der Waals surface area (Å²) < 4.78 is 1.87. The Morgan fingerprint density at radius 3 is 3.07 bits per heavy atom. The number of halogens is 2. The molecule has 2 heterocycles. The van der Waals surface area contributed by atoms with Crippen molar-refractivity contribution < 1.29 is 0 Å². The lowest BCUT2D eigenvalue weighted by molar-refractivity contribution is 0.251. The Kier molecular flexibility index (Phi) is 4.07. The molecule has 0 saturated carbocycles. The third kappa shape index (κ3) is 2.94. The van der Waals surface area contributed by atoms with Crippen LogP contribution in [0.2, 0.25) is 4.34 Å². The minimum absolute atomic E-state index is 0.671. The molecule has 15 heavy (non-hydrogen) atoms. The first-order valence-electron chi connectivity index (χ1n) is 5.01. The van der Waals surface area contributed by atoms with Gasteiger partial charge in [-0.15, -0.1) is 11.3 Å². The van der Waals surface area contributed by atoms with E-state index >= 15 is 0 Å². The number of hydrogen-bond donors (Lipinski definition) is 1. The molecule has 1 aliphatic heterocycles. The Bertz CT molecular complexity index is 317. The molecule has 0 bridgehead atoms. The molecule has 1 aliphatic rings. The van der Waals surface area contributed by atoms with Crippen LogP contribution in [-0.2, 0) is 6.54 Å². The summed E-state index contributed by atoms with van der Waals surface area (Å²) >= 11 is 11.1. The predicted molar refractivity (Wildman–Crippen MR) is 69.8 cm³/mol. The lowest BCUT2D eigenvalue weighted by Crippen LogP contribution is -2.32. The number of hydrogen-bond acceptors (Lipinski definition) is 3. The summed E-state index contributed by atoms with van der Waals surface area (Å²) in [5, 5.41) is 3.38. The number of nitrogens with one attached hydrogen (secondary N) is 1. The van der Waals surface area contributed by atoms with Gasteiger partial charge in [-0.3, -0.25) is 4.90 Å². The molecule has 1 aromatic heterocycles. The fourth-order valence-corrected chi connectivity index (χ4v) is 3.71. The molecule has 0 spiro atoms. The van der Waals surface area contributed by atoms with Crippen LogP contribution in [0.3, 0.4) is 0 Å². The van der Waals surface area contributed by atoms with Crippen molar-refractivity contribution in [1.29, 1.82) is 0 Å². The standard InChI is InChI=1S/C10H14BrClN2S/c1-14(7-2-3-13-5-7)6-8-4-9(11)10(12)15-8/h4,7,13H,2-3,5-6H2,1H3. The van der Waals surface area contributed by atoms with E-state index in [1.54, 1.807) is 11.3 Å². The van der Waals surface area contributed by atoms with Gasteiger partial charge in [0.05, 0.1) is 0 Å². The maximum absolute atomic E-state index is 6.01. The second kappa shape index (κ2) is 5.15. The SMILES string of the molecule is CN(Cc1cc(Br)c(Cl)s1)C1CCNC1. The number of likely N-dealkylation sites (N-methyl/N-ethyl adjacent to an activating group) is 1. The first-order valence-corrected chi connectivity index (χ1v) is 7.00. The molecule has 1 fully saturated rings. The molecule has 1 saturated heterocycles. The first kappa shape index (κ1) is 11.9. The highest BCUT2D eigenvalue weighted by Crippen LogP contribution is 2.32. The van der Waals surface area contributed by atoms with Gasteiger partial charge in [0.2, 0.25) is 0 Å². The van der Waals surface area contributed by atoms with Gasteiger partial charge in [0, 0.05) is 28.5 Å². The van der Waals surface area contributed by atoms with Crippen molar-refractivity contribution in [3.8, 4) is 0 Å². The summed E-state index contributed by atoms with van der Waals surface area (Å²) in [6.45, 7) is 3.24. The van der Waals surface area contributed by atoms with Gasteiger partial charge < -0.3 is 5.32 Å². The van der Waals surface area contributed by atoms with E-state index in [4.69, 9.17) is 11.6 Å². The van der Waals surface area contributed by atoms with Gasteiger partial charge in [0.25, 0.3) is 0 Å². The molecule has 84 valence electrons. The Balaban J connectivity index is 1.95. The van der Waals surface area contributed by atoms with Crippen LogP contribution in [0.25, 0.3) is 0 Å². The van der Waals surface area contributed by atoms with Gasteiger partial charge in [0.1, 0.15) is 4.34 Å². The highest BCUT2D eigenvalue weighted by atomic mass is 79.9. The minimum atomic E-state index is 0.671. The quantitative estimate of drug-likeness (QED) is 0.923. The molecule has 1 aromatic rings. The summed E-state index contributed by atoms with van der Waals surface area (Å²) in [5.41, 5.74) is 0. The monoisotopic (exact) mass is 308 g/mol. The molecule has 2 nitrogen and oxygen atoms in total. The van der Waals surface area contributed by atoms with Crippen molar-refractivity contribution in [3.63, 3.8) is 0 Å². The van der Waals surface area contributed by atoms with E-state index in [1.165, 1.54) is 11.3 Å². The second-order valence-electron chi connectivity index (χ2n) is 3.90. The average molecular weight is 310 g/mol. The van der Waals surface area contributed by atoms with Gasteiger partial charge >= 0.3 is 0 Å². The van der Waals surface area contributed by atoms with Crippen LogP contribution >= 0.6 is 38.9 Å². The van der Waals surface area contributed by atoms with Crippen molar-refractivity contribution in [3.05, 3.63) is 19.8 Å². The van der Waals surface area contributed by atoms with Gasteiger partial charge in [-0.05, 0) is 42.0 Å².